The molecule has 0 aliphatic carbocycles. The van der Waals surface area contributed by atoms with E-state index < -0.39 is 0 Å². The predicted molar refractivity (Wildman–Crippen MR) is 112 cm³/mol. The van der Waals surface area contributed by atoms with Gasteiger partial charge in [0.1, 0.15) is 0 Å². The van der Waals surface area contributed by atoms with Crippen LogP contribution in [0.2, 0.25) is 0 Å². The van der Waals surface area contributed by atoms with Crippen molar-refractivity contribution in [2.24, 2.45) is 4.99 Å². The number of hydrogen-bond acceptors (Lipinski definition) is 1. The second-order valence-electron chi connectivity index (χ2n) is 6.98. The first-order chi connectivity index (χ1) is 12.3. The van der Waals surface area contributed by atoms with Crippen LogP contribution in [0.4, 0.5) is 5.69 Å². The third-order valence-corrected chi connectivity index (χ3v) is 4.97. The van der Waals surface area contributed by atoms with Gasteiger partial charge in [-0.15, -0.1) is 6.58 Å². The molecule has 1 aromatic carbocycles. The highest BCUT2D eigenvalue weighted by atomic mass is 14.8. The fraction of sp³-hybridized carbons (Fsp3) is 0.458. The van der Waals surface area contributed by atoms with Gasteiger partial charge in [-0.2, -0.15) is 0 Å². The van der Waals surface area contributed by atoms with Crippen molar-refractivity contribution < 1.29 is 0 Å². The van der Waals surface area contributed by atoms with E-state index in [2.05, 4.69) is 68.3 Å². The van der Waals surface area contributed by atoms with E-state index in [1.807, 2.05) is 6.08 Å². The Morgan fingerprint density at radius 3 is 2.56 bits per heavy atom. The number of unbranched alkanes of at least 4 members (excludes halogenated alkanes) is 4. The van der Waals surface area contributed by atoms with E-state index in [0.29, 0.717) is 0 Å². The lowest BCUT2D eigenvalue weighted by molar-refractivity contribution is 0.555. The topological polar surface area (TPSA) is 12.4 Å². The van der Waals surface area contributed by atoms with Crippen molar-refractivity contribution in [3.05, 3.63) is 66.8 Å². The molecule has 1 nitrogen and oxygen atoms in total. The van der Waals surface area contributed by atoms with E-state index >= 15 is 0 Å². The van der Waals surface area contributed by atoms with Gasteiger partial charge in [-0.1, -0.05) is 68.3 Å². The first kappa shape index (κ1) is 19.4. The normalized spacial score (nSPS) is 19.1. The maximum absolute atomic E-state index is 4.71. The third-order valence-electron chi connectivity index (χ3n) is 4.97. The van der Waals surface area contributed by atoms with Crippen molar-refractivity contribution in [3.63, 3.8) is 0 Å². The number of para-hydroxylation sites is 1. The molecule has 134 valence electrons. The lowest BCUT2D eigenvalue weighted by Crippen LogP contribution is -2.24. The Morgan fingerprint density at radius 2 is 1.72 bits per heavy atom. The van der Waals surface area contributed by atoms with Crippen molar-refractivity contribution >= 4 is 11.9 Å². The van der Waals surface area contributed by atoms with Gasteiger partial charge in [0.2, 0.25) is 0 Å². The minimum absolute atomic E-state index is 0.0701. The zero-order valence-corrected chi connectivity index (χ0v) is 15.8. The van der Waals surface area contributed by atoms with Gasteiger partial charge in [0.25, 0.3) is 0 Å². The smallest absolute Gasteiger partial charge is 0.0667 e. The highest BCUT2D eigenvalue weighted by Gasteiger charge is 2.34. The number of fused-ring (bicyclic) bond motifs is 1. The summed E-state index contributed by atoms with van der Waals surface area (Å²) in [5.41, 5.74) is 2.62. The van der Waals surface area contributed by atoms with E-state index in [-0.39, 0.29) is 5.41 Å². The number of aliphatic imine (C=N–C) groups is 1. The SMILES string of the molecule is C=CCCC/C=C/CC1(CC/C=C/CCCC)C=Nc2ccccc21. The maximum Gasteiger partial charge on any atom is 0.0667 e. The van der Waals surface area contributed by atoms with Gasteiger partial charge in [-0.25, -0.2) is 0 Å². The monoisotopic (exact) mass is 335 g/mol. The molecule has 0 spiro atoms. The van der Waals surface area contributed by atoms with Gasteiger partial charge in [0, 0.05) is 11.6 Å². The summed E-state index contributed by atoms with van der Waals surface area (Å²) in [6.45, 7) is 6.04. The van der Waals surface area contributed by atoms with Gasteiger partial charge in [-0.05, 0) is 56.6 Å². The zero-order chi connectivity index (χ0) is 17.8. The van der Waals surface area contributed by atoms with Crippen LogP contribution in [0.5, 0.6) is 0 Å². The van der Waals surface area contributed by atoms with Crippen LogP contribution in [0.25, 0.3) is 0 Å². The van der Waals surface area contributed by atoms with Crippen LogP contribution in [0.3, 0.4) is 0 Å². The summed E-state index contributed by atoms with van der Waals surface area (Å²) in [7, 11) is 0. The average Bonchev–Trinajstić information content (AvgIpc) is 3.00. The molecule has 0 N–H and O–H groups in total. The summed E-state index contributed by atoms with van der Waals surface area (Å²) in [4.78, 5) is 4.71. The van der Waals surface area contributed by atoms with Crippen molar-refractivity contribution in [2.45, 2.75) is 70.1 Å². The lowest BCUT2D eigenvalue weighted by Gasteiger charge is -2.26. The van der Waals surface area contributed by atoms with Crippen LogP contribution in [-0.2, 0) is 5.41 Å². The van der Waals surface area contributed by atoms with Gasteiger partial charge in [-0.3, -0.25) is 4.99 Å². The number of hydrogen-bond donors (Lipinski definition) is 0. The molecule has 1 heteroatoms. The van der Waals surface area contributed by atoms with E-state index in [1.165, 1.54) is 31.2 Å². The van der Waals surface area contributed by atoms with E-state index in [1.54, 1.807) is 0 Å². The van der Waals surface area contributed by atoms with E-state index in [0.717, 1.165) is 37.8 Å². The van der Waals surface area contributed by atoms with Crippen LogP contribution in [0, 0.1) is 0 Å². The van der Waals surface area contributed by atoms with Crippen LogP contribution >= 0.6 is 0 Å². The Kier molecular flexibility index (Phi) is 8.45. The summed E-state index contributed by atoms with van der Waals surface area (Å²) in [6.07, 6.45) is 24.1. The van der Waals surface area contributed by atoms with Crippen LogP contribution < -0.4 is 0 Å². The lowest BCUT2D eigenvalue weighted by atomic mass is 9.75. The average molecular weight is 336 g/mol. The number of rotatable bonds is 12. The van der Waals surface area contributed by atoms with E-state index in [4.69, 9.17) is 4.99 Å². The molecule has 1 unspecified atom stereocenters. The predicted octanol–water partition coefficient (Wildman–Crippen LogP) is 7.47. The standard InChI is InChI=1S/C24H33N/c1-3-5-7-9-11-15-19-24(20-16-12-10-8-6-4-2)21-25-23-18-14-13-17-22(23)24/h3,10-15,17-18,21H,1,4-9,16,19-20H2,2H3/b12-10+,15-11+. The summed E-state index contributed by atoms with van der Waals surface area (Å²) >= 11 is 0. The first-order valence-corrected chi connectivity index (χ1v) is 9.88. The Bertz CT molecular complexity index is 608. The minimum Gasteiger partial charge on any atom is -0.260 e. The Balaban J connectivity index is 1.99. The van der Waals surface area contributed by atoms with Gasteiger partial charge in [0.05, 0.1) is 5.69 Å². The molecule has 1 aliphatic rings. The fourth-order valence-corrected chi connectivity index (χ4v) is 3.42. The molecule has 0 bridgehead atoms. The third kappa shape index (κ3) is 5.85. The molecule has 1 aromatic rings. The van der Waals surface area contributed by atoms with Crippen molar-refractivity contribution in [3.8, 4) is 0 Å². The fourth-order valence-electron chi connectivity index (χ4n) is 3.42. The molecule has 1 heterocycles. The molecule has 0 saturated heterocycles. The second-order valence-corrected chi connectivity index (χ2v) is 6.98. The van der Waals surface area contributed by atoms with E-state index in [9.17, 15) is 0 Å². The minimum atomic E-state index is 0.0701. The molecular weight excluding hydrogens is 302 g/mol. The number of allylic oxidation sites excluding steroid dienone is 5. The molecule has 25 heavy (non-hydrogen) atoms. The zero-order valence-electron chi connectivity index (χ0n) is 15.8. The second kappa shape index (κ2) is 10.9. The molecule has 2 rings (SSSR count). The van der Waals surface area contributed by atoms with Crippen molar-refractivity contribution in [1.29, 1.82) is 0 Å². The Hall–Kier alpha value is -1.89. The van der Waals surface area contributed by atoms with Crippen LogP contribution in [-0.4, -0.2) is 6.21 Å². The highest BCUT2D eigenvalue weighted by Crippen LogP contribution is 2.42. The molecular formula is C24H33N. The maximum atomic E-state index is 4.71. The van der Waals surface area contributed by atoms with Crippen molar-refractivity contribution in [1.82, 2.24) is 0 Å². The first-order valence-electron chi connectivity index (χ1n) is 9.88. The molecule has 0 saturated carbocycles. The van der Waals surface area contributed by atoms with Gasteiger partial charge < -0.3 is 0 Å². The van der Waals surface area contributed by atoms with Gasteiger partial charge in [0.15, 0.2) is 0 Å². The summed E-state index contributed by atoms with van der Waals surface area (Å²) in [6, 6.07) is 8.63. The summed E-state index contributed by atoms with van der Waals surface area (Å²) in [5, 5.41) is 0. The van der Waals surface area contributed by atoms with Crippen molar-refractivity contribution in [2.75, 3.05) is 0 Å². The number of nitrogens with zero attached hydrogens (tertiary/aromatic N) is 1. The Labute approximate surface area is 154 Å². The summed E-state index contributed by atoms with van der Waals surface area (Å²) in [5.74, 6) is 0. The molecule has 0 fully saturated rings. The molecule has 0 radical (unpaired) electrons. The van der Waals surface area contributed by atoms with Gasteiger partial charge >= 0.3 is 0 Å². The number of benzene rings is 1. The largest absolute Gasteiger partial charge is 0.260 e. The quantitative estimate of drug-likeness (QED) is 0.277. The van der Waals surface area contributed by atoms with Crippen LogP contribution in [0.1, 0.15) is 70.3 Å². The molecule has 0 amide bonds. The molecule has 1 atom stereocenters. The summed E-state index contributed by atoms with van der Waals surface area (Å²) < 4.78 is 0. The Morgan fingerprint density at radius 1 is 0.960 bits per heavy atom. The highest BCUT2D eigenvalue weighted by molar-refractivity contribution is 5.85. The molecule has 1 aliphatic heterocycles. The van der Waals surface area contributed by atoms with Crippen LogP contribution in [0.15, 0.2) is 66.2 Å². The molecule has 0 aromatic heterocycles.